The van der Waals surface area contributed by atoms with Gasteiger partial charge in [-0.3, -0.25) is 14.5 Å². The molecule has 0 unspecified atom stereocenters. The molecule has 2 saturated heterocycles. The summed E-state index contributed by atoms with van der Waals surface area (Å²) >= 11 is 0. The van der Waals surface area contributed by atoms with Crippen molar-refractivity contribution in [1.82, 2.24) is 29.5 Å². The van der Waals surface area contributed by atoms with Crippen LogP contribution in [0.4, 0.5) is 0 Å². The normalized spacial score (nSPS) is 17.6. The van der Waals surface area contributed by atoms with Crippen LogP contribution in [0.25, 0.3) is 22.5 Å². The van der Waals surface area contributed by atoms with E-state index in [1.54, 1.807) is 12.5 Å². The molecule has 0 N–H and O–H groups in total. The maximum absolute atomic E-state index is 13.6. The van der Waals surface area contributed by atoms with Crippen LogP contribution in [0.3, 0.4) is 0 Å². The number of piperidine rings is 1. The number of nitrogens with zero attached hydrogens (tertiary/aromatic N) is 6. The summed E-state index contributed by atoms with van der Waals surface area (Å²) in [7, 11) is 0. The Labute approximate surface area is 199 Å². The molecule has 34 heavy (non-hydrogen) atoms. The molecule has 180 valence electrons. The second-order valence-corrected chi connectivity index (χ2v) is 9.46. The summed E-state index contributed by atoms with van der Waals surface area (Å²) in [6, 6.07) is 5.58. The highest BCUT2D eigenvalue weighted by Crippen LogP contribution is 2.28. The molecule has 0 aliphatic carbocycles. The first-order valence-corrected chi connectivity index (χ1v) is 12.2. The van der Waals surface area contributed by atoms with Crippen molar-refractivity contribution in [3.8, 4) is 11.5 Å². The number of rotatable bonds is 5. The first kappa shape index (κ1) is 22.6. The molecule has 9 nitrogen and oxygen atoms in total. The number of piperazine rings is 1. The molecule has 2 aliphatic heterocycles. The van der Waals surface area contributed by atoms with Crippen LogP contribution in [-0.4, -0.2) is 87.1 Å². The second kappa shape index (κ2) is 9.58. The van der Waals surface area contributed by atoms with E-state index in [1.165, 1.54) is 6.42 Å². The molecule has 3 aromatic rings. The number of furan rings is 1. The molecule has 0 bridgehead atoms. The molecule has 0 aromatic carbocycles. The van der Waals surface area contributed by atoms with Crippen molar-refractivity contribution in [3.05, 3.63) is 36.2 Å². The molecular weight excluding hydrogens is 432 g/mol. The predicted molar refractivity (Wildman–Crippen MR) is 128 cm³/mol. The van der Waals surface area contributed by atoms with E-state index in [4.69, 9.17) is 9.40 Å². The monoisotopic (exact) mass is 464 g/mol. The molecule has 2 fully saturated rings. The number of hydrogen-bond donors (Lipinski definition) is 0. The van der Waals surface area contributed by atoms with Crippen LogP contribution in [-0.2, 0) is 4.79 Å². The third kappa shape index (κ3) is 4.44. The van der Waals surface area contributed by atoms with Crippen LogP contribution in [0.15, 0.2) is 35.1 Å². The Morgan fingerprint density at radius 1 is 1.03 bits per heavy atom. The van der Waals surface area contributed by atoms with Gasteiger partial charge in [0.1, 0.15) is 5.69 Å². The minimum atomic E-state index is -0.0366. The van der Waals surface area contributed by atoms with Gasteiger partial charge in [-0.05, 0) is 51.3 Å². The van der Waals surface area contributed by atoms with Gasteiger partial charge in [0, 0.05) is 45.3 Å². The van der Waals surface area contributed by atoms with E-state index in [2.05, 4.69) is 10.00 Å². The number of hydrogen-bond acceptors (Lipinski definition) is 6. The van der Waals surface area contributed by atoms with E-state index in [0.29, 0.717) is 55.4 Å². The third-order valence-corrected chi connectivity index (χ3v) is 6.79. The largest absolute Gasteiger partial charge is 0.463 e. The molecule has 3 aromatic heterocycles. The van der Waals surface area contributed by atoms with Crippen molar-refractivity contribution in [2.45, 2.75) is 39.2 Å². The highest BCUT2D eigenvalue weighted by molar-refractivity contribution is 6.06. The summed E-state index contributed by atoms with van der Waals surface area (Å²) in [6.07, 6.45) is 6.75. The molecule has 0 saturated carbocycles. The quantitative estimate of drug-likeness (QED) is 0.577. The highest BCUT2D eigenvalue weighted by Gasteiger charge is 2.28. The van der Waals surface area contributed by atoms with Gasteiger partial charge >= 0.3 is 0 Å². The summed E-state index contributed by atoms with van der Waals surface area (Å²) < 4.78 is 7.40. The zero-order chi connectivity index (χ0) is 23.7. The van der Waals surface area contributed by atoms with Crippen molar-refractivity contribution < 1.29 is 14.0 Å². The minimum absolute atomic E-state index is 0.0366. The van der Waals surface area contributed by atoms with Crippen LogP contribution in [0.2, 0.25) is 0 Å². The first-order valence-electron chi connectivity index (χ1n) is 12.2. The van der Waals surface area contributed by atoms with Crippen LogP contribution in [0, 0.1) is 0 Å². The fourth-order valence-corrected chi connectivity index (χ4v) is 4.84. The number of likely N-dealkylation sites (tertiary alicyclic amines) is 1. The third-order valence-electron chi connectivity index (χ3n) is 6.79. The fourth-order valence-electron chi connectivity index (χ4n) is 4.84. The van der Waals surface area contributed by atoms with Crippen LogP contribution in [0.5, 0.6) is 0 Å². The second-order valence-electron chi connectivity index (χ2n) is 9.46. The van der Waals surface area contributed by atoms with Gasteiger partial charge in [0.05, 0.1) is 30.0 Å². The lowest BCUT2D eigenvalue weighted by Gasteiger charge is -2.36. The van der Waals surface area contributed by atoms with E-state index < -0.39 is 0 Å². The maximum atomic E-state index is 13.6. The van der Waals surface area contributed by atoms with Gasteiger partial charge in [0.25, 0.3) is 5.91 Å². The van der Waals surface area contributed by atoms with E-state index in [9.17, 15) is 9.59 Å². The van der Waals surface area contributed by atoms with E-state index >= 15 is 0 Å². The minimum Gasteiger partial charge on any atom is -0.463 e. The number of pyridine rings is 1. The van der Waals surface area contributed by atoms with Gasteiger partial charge in [0.15, 0.2) is 11.4 Å². The Bertz CT molecular complexity index is 1150. The van der Waals surface area contributed by atoms with Crippen LogP contribution >= 0.6 is 0 Å². The standard InChI is InChI=1S/C25H32N6O3/c1-18(2)31-24-20(16-26-31)19(15-21(27-24)22-7-6-14-34-22)25(33)30-12-10-28(11-13-30)17-23(32)29-8-4-3-5-9-29/h6-7,14-16,18H,3-5,8-13,17H2,1-2H3. The van der Waals surface area contributed by atoms with Gasteiger partial charge in [0.2, 0.25) is 5.91 Å². The molecular formula is C25H32N6O3. The van der Waals surface area contributed by atoms with E-state index in [0.717, 1.165) is 31.3 Å². The molecule has 5 rings (SSSR count). The van der Waals surface area contributed by atoms with Crippen molar-refractivity contribution in [3.63, 3.8) is 0 Å². The number of aromatic nitrogens is 3. The SMILES string of the molecule is CC(C)n1ncc2c(C(=O)N3CCN(CC(=O)N4CCCCC4)CC3)cc(-c3ccco3)nc21. The van der Waals surface area contributed by atoms with Crippen molar-refractivity contribution in [2.24, 2.45) is 0 Å². The summed E-state index contributed by atoms with van der Waals surface area (Å²) in [6.45, 7) is 8.82. The zero-order valence-corrected chi connectivity index (χ0v) is 19.9. The molecule has 0 radical (unpaired) electrons. The zero-order valence-electron chi connectivity index (χ0n) is 19.9. The Kier molecular flexibility index (Phi) is 6.36. The summed E-state index contributed by atoms with van der Waals surface area (Å²) in [5.41, 5.74) is 1.88. The Morgan fingerprint density at radius 3 is 2.47 bits per heavy atom. The number of amides is 2. The van der Waals surface area contributed by atoms with Crippen LogP contribution < -0.4 is 0 Å². The summed E-state index contributed by atoms with van der Waals surface area (Å²) in [4.78, 5) is 37.0. The predicted octanol–water partition coefficient (Wildman–Crippen LogP) is 3.04. The lowest BCUT2D eigenvalue weighted by atomic mass is 10.1. The average Bonchev–Trinajstić information content (AvgIpc) is 3.54. The van der Waals surface area contributed by atoms with Crippen molar-refractivity contribution in [2.75, 3.05) is 45.8 Å². The lowest BCUT2D eigenvalue weighted by molar-refractivity contribution is -0.133. The lowest BCUT2D eigenvalue weighted by Crippen LogP contribution is -2.52. The summed E-state index contributed by atoms with van der Waals surface area (Å²) in [5.74, 6) is 0.790. The number of carbonyl (C=O) groups is 2. The molecule has 0 atom stereocenters. The summed E-state index contributed by atoms with van der Waals surface area (Å²) in [5, 5.41) is 5.24. The first-order chi connectivity index (χ1) is 16.5. The smallest absolute Gasteiger partial charge is 0.254 e. The molecule has 2 amide bonds. The van der Waals surface area contributed by atoms with Crippen molar-refractivity contribution >= 4 is 22.8 Å². The molecule has 0 spiro atoms. The van der Waals surface area contributed by atoms with Gasteiger partial charge < -0.3 is 14.2 Å². The van der Waals surface area contributed by atoms with Gasteiger partial charge in [-0.25, -0.2) is 9.67 Å². The van der Waals surface area contributed by atoms with Gasteiger partial charge in [-0.1, -0.05) is 0 Å². The van der Waals surface area contributed by atoms with E-state index in [-0.39, 0.29) is 17.9 Å². The van der Waals surface area contributed by atoms with Gasteiger partial charge in [-0.2, -0.15) is 5.10 Å². The molecule has 9 heteroatoms. The number of fused-ring (bicyclic) bond motifs is 1. The number of carbonyl (C=O) groups excluding carboxylic acids is 2. The fraction of sp³-hybridized carbons (Fsp3) is 0.520. The Morgan fingerprint density at radius 2 is 1.79 bits per heavy atom. The van der Waals surface area contributed by atoms with E-state index in [1.807, 2.05) is 46.5 Å². The van der Waals surface area contributed by atoms with Gasteiger partial charge in [-0.15, -0.1) is 0 Å². The highest BCUT2D eigenvalue weighted by atomic mass is 16.3. The molecule has 5 heterocycles. The Hall–Kier alpha value is -3.20. The Balaban J connectivity index is 1.33. The van der Waals surface area contributed by atoms with Crippen LogP contribution in [0.1, 0.15) is 49.5 Å². The average molecular weight is 465 g/mol. The maximum Gasteiger partial charge on any atom is 0.254 e. The molecule has 2 aliphatic rings. The van der Waals surface area contributed by atoms with Crippen molar-refractivity contribution in [1.29, 1.82) is 0 Å². The topological polar surface area (TPSA) is 87.7 Å².